The second-order valence-corrected chi connectivity index (χ2v) is 7.41. The van der Waals surface area contributed by atoms with Gasteiger partial charge in [-0.3, -0.25) is 0 Å². The van der Waals surface area contributed by atoms with Gasteiger partial charge in [-0.15, -0.1) is 0 Å². The third-order valence-corrected chi connectivity index (χ3v) is 5.36. The van der Waals surface area contributed by atoms with Crippen molar-refractivity contribution < 1.29 is 0 Å². The Morgan fingerprint density at radius 1 is 0.889 bits per heavy atom. The average Bonchev–Trinajstić information content (AvgIpc) is 2.64. The average molecular weight is 419 g/mol. The van der Waals surface area contributed by atoms with Crippen molar-refractivity contribution in [3.8, 4) is 0 Å². The number of benzene rings is 3. The maximum Gasteiger partial charge on any atom is 0.0359 e. The van der Waals surface area contributed by atoms with Crippen molar-refractivity contribution >= 4 is 33.4 Å². The molecule has 136 valence electrons. The molecule has 2 nitrogen and oxygen atoms in total. The summed E-state index contributed by atoms with van der Waals surface area (Å²) in [7, 11) is 0. The largest absolute Gasteiger partial charge is 0.399 e. The van der Waals surface area contributed by atoms with E-state index in [0.717, 1.165) is 27.0 Å². The molecule has 0 fully saturated rings. The van der Waals surface area contributed by atoms with Gasteiger partial charge >= 0.3 is 0 Å². The third-order valence-electron chi connectivity index (χ3n) is 4.67. The maximum absolute atomic E-state index is 6.07. The number of rotatable bonds is 5. The third kappa shape index (κ3) is 4.15. The molecule has 0 amide bonds. The number of anilines is 2. The van der Waals surface area contributed by atoms with E-state index in [0.29, 0.717) is 0 Å². The Hall–Kier alpha value is -2.78. The summed E-state index contributed by atoms with van der Waals surface area (Å²) in [6.45, 7) is 5.93. The molecule has 0 saturated carbocycles. The smallest absolute Gasteiger partial charge is 0.0359 e. The lowest BCUT2D eigenvalue weighted by Gasteiger charge is -2.24. The summed E-state index contributed by atoms with van der Waals surface area (Å²) < 4.78 is 0.992. The molecule has 0 spiro atoms. The van der Waals surface area contributed by atoms with Crippen molar-refractivity contribution in [3.05, 3.63) is 112 Å². The summed E-state index contributed by atoms with van der Waals surface area (Å²) in [6.07, 6.45) is 5.76. The quantitative estimate of drug-likeness (QED) is 0.290. The lowest BCUT2D eigenvalue weighted by molar-refractivity contribution is 0.953. The Balaban J connectivity index is 2.30. The van der Waals surface area contributed by atoms with Gasteiger partial charge in [0.25, 0.3) is 0 Å². The summed E-state index contributed by atoms with van der Waals surface area (Å²) in [5, 5.41) is 0. The van der Waals surface area contributed by atoms with E-state index in [1.54, 1.807) is 6.08 Å². The number of nitrogens with two attached hydrogens (primary N) is 2. The van der Waals surface area contributed by atoms with Crippen LogP contribution in [0, 0.1) is 6.92 Å². The first-order valence-electron chi connectivity index (χ1n) is 8.80. The Bertz CT molecular complexity index is 1010. The van der Waals surface area contributed by atoms with Crippen molar-refractivity contribution in [2.75, 3.05) is 11.5 Å². The number of nitrogen functional groups attached to an aromatic ring is 2. The van der Waals surface area contributed by atoms with E-state index < -0.39 is 0 Å². The van der Waals surface area contributed by atoms with Gasteiger partial charge in [-0.1, -0.05) is 77.1 Å². The summed E-state index contributed by atoms with van der Waals surface area (Å²) in [6, 6.07) is 20.5. The molecule has 0 radical (unpaired) electrons. The van der Waals surface area contributed by atoms with Crippen molar-refractivity contribution in [2.24, 2.45) is 0 Å². The fourth-order valence-electron chi connectivity index (χ4n) is 3.36. The highest BCUT2D eigenvalue weighted by Gasteiger charge is 2.23. The fourth-order valence-corrected chi connectivity index (χ4v) is 3.99. The number of hydrogen-bond acceptors (Lipinski definition) is 2. The molecule has 3 rings (SSSR count). The highest BCUT2D eigenvalue weighted by atomic mass is 79.9. The van der Waals surface area contributed by atoms with Crippen LogP contribution in [0.4, 0.5) is 11.4 Å². The molecule has 1 atom stereocenters. The summed E-state index contributed by atoms with van der Waals surface area (Å²) in [4.78, 5) is 0. The molecule has 0 aromatic heterocycles. The van der Waals surface area contributed by atoms with Gasteiger partial charge in [0, 0.05) is 21.8 Å². The normalized spacial score (nSPS) is 12.2. The molecule has 0 aliphatic carbocycles. The van der Waals surface area contributed by atoms with Crippen LogP contribution in [0.2, 0.25) is 0 Å². The Morgan fingerprint density at radius 3 is 2.22 bits per heavy atom. The zero-order chi connectivity index (χ0) is 19.4. The molecule has 3 aromatic rings. The predicted octanol–water partition coefficient (Wildman–Crippen LogP) is 6.30. The second-order valence-electron chi connectivity index (χ2n) is 6.55. The van der Waals surface area contributed by atoms with E-state index in [-0.39, 0.29) is 5.92 Å². The Kier molecular flexibility index (Phi) is 5.82. The number of hydrogen-bond donors (Lipinski definition) is 2. The topological polar surface area (TPSA) is 52.0 Å². The van der Waals surface area contributed by atoms with Crippen molar-refractivity contribution in [1.29, 1.82) is 0 Å². The molecular weight excluding hydrogens is 396 g/mol. The van der Waals surface area contributed by atoms with E-state index in [2.05, 4.69) is 71.9 Å². The van der Waals surface area contributed by atoms with Crippen LogP contribution in [-0.2, 0) is 0 Å². The zero-order valence-corrected chi connectivity index (χ0v) is 16.9. The lowest BCUT2D eigenvalue weighted by atomic mass is 9.81. The minimum Gasteiger partial charge on any atom is -0.399 e. The lowest BCUT2D eigenvalue weighted by Crippen LogP contribution is -2.08. The minimum absolute atomic E-state index is 0.0474. The van der Waals surface area contributed by atoms with Gasteiger partial charge in [0.05, 0.1) is 0 Å². The van der Waals surface area contributed by atoms with Gasteiger partial charge < -0.3 is 11.5 Å². The highest BCUT2D eigenvalue weighted by Crippen LogP contribution is 2.40. The SMILES string of the molecule is C=C/C=C/c1cc(N)ccc1C(c1ccccc1C)c1ccc(N)cc1Br. The summed E-state index contributed by atoms with van der Waals surface area (Å²) in [5.41, 5.74) is 19.4. The number of allylic oxidation sites excluding steroid dienone is 2. The molecule has 27 heavy (non-hydrogen) atoms. The number of aryl methyl sites for hydroxylation is 1. The van der Waals surface area contributed by atoms with Crippen LogP contribution in [-0.4, -0.2) is 0 Å². The van der Waals surface area contributed by atoms with E-state index in [1.165, 1.54) is 16.7 Å². The van der Waals surface area contributed by atoms with Gasteiger partial charge in [-0.25, -0.2) is 0 Å². The van der Waals surface area contributed by atoms with Crippen LogP contribution in [0.3, 0.4) is 0 Å². The zero-order valence-electron chi connectivity index (χ0n) is 15.3. The molecule has 0 saturated heterocycles. The van der Waals surface area contributed by atoms with E-state index in [4.69, 9.17) is 11.5 Å². The first kappa shape index (κ1) is 19.0. The van der Waals surface area contributed by atoms with E-state index in [1.807, 2.05) is 30.3 Å². The molecule has 3 aromatic carbocycles. The Labute approximate surface area is 169 Å². The van der Waals surface area contributed by atoms with Crippen molar-refractivity contribution in [3.63, 3.8) is 0 Å². The molecule has 0 heterocycles. The summed E-state index contributed by atoms with van der Waals surface area (Å²) >= 11 is 3.72. The first-order chi connectivity index (χ1) is 13.0. The van der Waals surface area contributed by atoms with Gasteiger partial charge in [-0.05, 0) is 59.0 Å². The molecule has 0 aliphatic rings. The molecule has 0 aliphatic heterocycles. The minimum atomic E-state index is 0.0474. The second kappa shape index (κ2) is 8.28. The Morgan fingerprint density at radius 2 is 1.56 bits per heavy atom. The molecule has 1 unspecified atom stereocenters. The number of halogens is 1. The molecule has 3 heteroatoms. The van der Waals surface area contributed by atoms with Crippen LogP contribution < -0.4 is 11.5 Å². The van der Waals surface area contributed by atoms with Gasteiger partial charge in [-0.2, -0.15) is 0 Å². The molecular formula is C24H23BrN2. The summed E-state index contributed by atoms with van der Waals surface area (Å²) in [5.74, 6) is 0.0474. The van der Waals surface area contributed by atoms with Crippen LogP contribution in [0.5, 0.6) is 0 Å². The maximum atomic E-state index is 6.07. The van der Waals surface area contributed by atoms with Gasteiger partial charge in [0.1, 0.15) is 0 Å². The van der Waals surface area contributed by atoms with Crippen LogP contribution in [0.25, 0.3) is 6.08 Å². The van der Waals surface area contributed by atoms with Crippen LogP contribution in [0.15, 0.2) is 83.9 Å². The molecule has 0 bridgehead atoms. The highest BCUT2D eigenvalue weighted by molar-refractivity contribution is 9.10. The standard InChI is InChI=1S/C24H23BrN2/c1-3-4-8-17-14-18(26)10-12-21(17)24(20-9-6-5-7-16(20)2)22-13-11-19(27)15-23(22)25/h3-15,24H,1,26-27H2,2H3/b8-4+. The first-order valence-corrected chi connectivity index (χ1v) is 9.59. The van der Waals surface area contributed by atoms with E-state index in [9.17, 15) is 0 Å². The predicted molar refractivity (Wildman–Crippen MR) is 121 cm³/mol. The van der Waals surface area contributed by atoms with Gasteiger partial charge in [0.15, 0.2) is 0 Å². The van der Waals surface area contributed by atoms with Crippen LogP contribution in [0.1, 0.15) is 33.7 Å². The van der Waals surface area contributed by atoms with Gasteiger partial charge in [0.2, 0.25) is 0 Å². The fraction of sp³-hybridized carbons (Fsp3) is 0.0833. The van der Waals surface area contributed by atoms with E-state index >= 15 is 0 Å². The van der Waals surface area contributed by atoms with Crippen molar-refractivity contribution in [2.45, 2.75) is 12.8 Å². The molecule has 4 N–H and O–H groups in total. The monoisotopic (exact) mass is 418 g/mol. The van der Waals surface area contributed by atoms with Crippen molar-refractivity contribution in [1.82, 2.24) is 0 Å². The van der Waals surface area contributed by atoms with Crippen LogP contribution >= 0.6 is 15.9 Å².